The smallest absolute Gasteiger partial charge is 0.477 e. The van der Waals surface area contributed by atoms with Gasteiger partial charge in [-0.25, -0.2) is 13.2 Å². The Kier molecular flexibility index (Phi) is 8.71. The largest absolute Gasteiger partial charge is 0.573 e. The summed E-state index contributed by atoms with van der Waals surface area (Å²) in [4.78, 5) is 19.3. The Balaban J connectivity index is 0.000000236. The second-order valence-corrected chi connectivity index (χ2v) is 11.4. The Hall–Kier alpha value is -3.62. The summed E-state index contributed by atoms with van der Waals surface area (Å²) < 4.78 is 66.8. The van der Waals surface area contributed by atoms with Crippen molar-refractivity contribution in [2.45, 2.75) is 42.5 Å². The highest BCUT2D eigenvalue weighted by Crippen LogP contribution is 2.36. The fourth-order valence-electron chi connectivity index (χ4n) is 4.60. The molecule has 0 aliphatic carbocycles. The number of ether oxygens (including phenoxy) is 1. The summed E-state index contributed by atoms with van der Waals surface area (Å²) in [5, 5.41) is 17.0. The number of rotatable bonds is 7. The first kappa shape index (κ1) is 29.4. The monoisotopic (exact) mass is 582 g/mol. The number of likely N-dealkylation sites (N-methyl/N-ethyl adjacent to an activating group) is 1. The molecule has 1 aromatic heterocycles. The normalized spacial score (nSPS) is 17.1. The second-order valence-electron chi connectivity index (χ2n) is 9.43. The van der Waals surface area contributed by atoms with Crippen LogP contribution < -0.4 is 10.1 Å². The molecule has 40 heavy (non-hydrogen) atoms. The number of carboxylic acids is 1. The molecule has 0 bridgehead atoms. The molecule has 3 heterocycles. The van der Waals surface area contributed by atoms with E-state index in [2.05, 4.69) is 50.7 Å². The van der Waals surface area contributed by atoms with E-state index in [-0.39, 0.29) is 43.0 Å². The third kappa shape index (κ3) is 6.92. The first-order chi connectivity index (χ1) is 18.9. The van der Waals surface area contributed by atoms with E-state index in [0.29, 0.717) is 0 Å². The number of aliphatic carboxylic acids is 1. The lowest BCUT2D eigenvalue weighted by atomic mass is 9.88. The van der Waals surface area contributed by atoms with Gasteiger partial charge in [-0.05, 0) is 55.9 Å². The van der Waals surface area contributed by atoms with Crippen LogP contribution in [0.25, 0.3) is 10.9 Å². The molecule has 2 aliphatic heterocycles. The predicted octanol–water partition coefficient (Wildman–Crippen LogP) is 3.90. The van der Waals surface area contributed by atoms with E-state index >= 15 is 0 Å². The van der Waals surface area contributed by atoms with Crippen molar-refractivity contribution in [1.82, 2.24) is 14.6 Å². The van der Waals surface area contributed by atoms with Crippen LogP contribution in [-0.4, -0.2) is 73.1 Å². The molecule has 14 heteroatoms. The van der Waals surface area contributed by atoms with Gasteiger partial charge < -0.3 is 25.0 Å². The number of sulfonamides is 1. The molecule has 2 aliphatic rings. The van der Waals surface area contributed by atoms with Gasteiger partial charge in [-0.2, -0.15) is 4.31 Å². The van der Waals surface area contributed by atoms with Crippen LogP contribution >= 0.6 is 0 Å². The Labute approximate surface area is 228 Å². The van der Waals surface area contributed by atoms with Crippen molar-refractivity contribution in [3.8, 4) is 5.75 Å². The summed E-state index contributed by atoms with van der Waals surface area (Å²) in [5.41, 5.74) is 1.69. The van der Waals surface area contributed by atoms with E-state index in [4.69, 9.17) is 9.94 Å². The molecule has 0 unspecified atom stereocenters. The third-order valence-corrected chi connectivity index (χ3v) is 8.65. The van der Waals surface area contributed by atoms with Crippen LogP contribution in [0.4, 0.5) is 13.2 Å². The molecule has 0 radical (unpaired) electrons. The molecule has 0 atom stereocenters. The van der Waals surface area contributed by atoms with Gasteiger partial charge in [-0.3, -0.25) is 0 Å². The summed E-state index contributed by atoms with van der Waals surface area (Å²) in [5.74, 6) is -1.69. The van der Waals surface area contributed by atoms with Crippen molar-refractivity contribution in [2.75, 3.05) is 26.7 Å². The van der Waals surface area contributed by atoms with Gasteiger partial charge in [0.15, 0.2) is 5.71 Å². The number of nitrogens with zero attached hydrogens (tertiary/aromatic N) is 2. The number of H-pyrrole nitrogens is 1. The number of hydrogen-bond donors (Lipinski definition) is 3. The zero-order chi connectivity index (χ0) is 29.0. The number of para-hydroxylation sites is 1. The molecule has 1 spiro atoms. The van der Waals surface area contributed by atoms with Crippen LogP contribution in [-0.2, 0) is 26.1 Å². The van der Waals surface area contributed by atoms with Crippen molar-refractivity contribution in [1.29, 1.82) is 0 Å². The van der Waals surface area contributed by atoms with Crippen molar-refractivity contribution >= 4 is 32.6 Å². The zero-order valence-corrected chi connectivity index (χ0v) is 22.4. The Morgan fingerprint density at radius 1 is 1.18 bits per heavy atom. The van der Waals surface area contributed by atoms with Gasteiger partial charge in [0.25, 0.3) is 0 Å². The summed E-state index contributed by atoms with van der Waals surface area (Å²) in [6.07, 6.45) is -1.08. The van der Waals surface area contributed by atoms with Gasteiger partial charge in [-0.1, -0.05) is 23.4 Å². The van der Waals surface area contributed by atoms with Crippen molar-refractivity contribution in [3.05, 3.63) is 60.3 Å². The number of nitrogens with one attached hydrogen (secondary N) is 2. The lowest BCUT2D eigenvalue weighted by Crippen LogP contribution is -2.47. The van der Waals surface area contributed by atoms with Crippen molar-refractivity contribution in [3.63, 3.8) is 0 Å². The average Bonchev–Trinajstić information content (AvgIpc) is 3.52. The summed E-state index contributed by atoms with van der Waals surface area (Å²) in [6.45, 7) is 1.18. The minimum Gasteiger partial charge on any atom is -0.477 e. The van der Waals surface area contributed by atoms with E-state index in [0.717, 1.165) is 37.2 Å². The molecule has 0 amide bonds. The van der Waals surface area contributed by atoms with E-state index < -0.39 is 33.7 Å². The van der Waals surface area contributed by atoms with Crippen LogP contribution in [0.3, 0.4) is 0 Å². The van der Waals surface area contributed by atoms with Gasteiger partial charge in [0, 0.05) is 49.5 Å². The van der Waals surface area contributed by atoms with Gasteiger partial charge in [-0.15, -0.1) is 13.2 Å². The van der Waals surface area contributed by atoms with Gasteiger partial charge in [0.2, 0.25) is 10.0 Å². The number of carboxylic acid groups (broad SMARTS) is 1. The van der Waals surface area contributed by atoms with Crippen LogP contribution in [0.2, 0.25) is 0 Å². The summed E-state index contributed by atoms with van der Waals surface area (Å²) in [6, 6.07) is 12.4. The maximum atomic E-state index is 12.7. The number of hydrogen-bond acceptors (Lipinski definition) is 7. The highest BCUT2D eigenvalue weighted by atomic mass is 32.2. The number of benzene rings is 2. The quantitative estimate of drug-likeness (QED) is 0.385. The van der Waals surface area contributed by atoms with E-state index in [1.54, 1.807) is 0 Å². The molecule has 1 fully saturated rings. The highest BCUT2D eigenvalue weighted by molar-refractivity contribution is 7.89. The predicted molar refractivity (Wildman–Crippen MR) is 141 cm³/mol. The minimum absolute atomic E-state index is 0.0750. The lowest BCUT2D eigenvalue weighted by Gasteiger charge is -2.36. The molecule has 2 aromatic carbocycles. The van der Waals surface area contributed by atoms with Crippen LogP contribution in [0.1, 0.15) is 24.8 Å². The van der Waals surface area contributed by atoms with E-state index in [1.165, 1.54) is 20.8 Å². The maximum Gasteiger partial charge on any atom is 0.573 e. The van der Waals surface area contributed by atoms with E-state index in [1.807, 2.05) is 7.05 Å². The fraction of sp³-hybridized carbons (Fsp3) is 0.385. The third-order valence-electron chi connectivity index (χ3n) is 6.73. The lowest BCUT2D eigenvalue weighted by molar-refractivity contribution is -0.274. The van der Waals surface area contributed by atoms with Gasteiger partial charge in [0.1, 0.15) is 11.4 Å². The number of alkyl halides is 3. The molecule has 1 saturated heterocycles. The van der Waals surface area contributed by atoms with Crippen LogP contribution in [0.5, 0.6) is 5.75 Å². The molecular formula is C26H29F3N4O6S. The number of carbonyl (C=O) groups is 1. The molecule has 216 valence electrons. The van der Waals surface area contributed by atoms with Crippen molar-refractivity contribution in [2.24, 2.45) is 5.16 Å². The van der Waals surface area contributed by atoms with Gasteiger partial charge in [0.05, 0.1) is 4.90 Å². The Bertz CT molecular complexity index is 1460. The van der Waals surface area contributed by atoms with E-state index in [9.17, 15) is 26.4 Å². The first-order valence-corrected chi connectivity index (χ1v) is 13.9. The standard InChI is InChI=1S/C15H15F3N2O6S.C11H14N2/c16-15(17,18)25-10-1-3-11(4-2-10)27(23,24)20-7-5-14(6-8-20)9-12(13(21)22)19-26-14;1-12-7-6-9-8-13-11-5-3-2-4-10(9)11/h1-4H,5-9H2,(H,21,22);2-5,8,12-13H,6-7H2,1H3. The maximum absolute atomic E-state index is 12.7. The summed E-state index contributed by atoms with van der Waals surface area (Å²) in [7, 11) is -1.93. The molecular weight excluding hydrogens is 553 g/mol. The molecule has 3 aromatic rings. The number of aromatic amines is 1. The van der Waals surface area contributed by atoms with Crippen molar-refractivity contribution < 1.29 is 41.1 Å². The topological polar surface area (TPSA) is 133 Å². The number of halogens is 3. The molecule has 3 N–H and O–H groups in total. The van der Waals surface area contributed by atoms with Crippen LogP contribution in [0, 0.1) is 0 Å². The second kappa shape index (κ2) is 11.9. The SMILES string of the molecule is CNCCc1c[nH]c2ccccc12.O=C(O)C1=NOC2(CCN(S(=O)(=O)c3ccc(OC(F)(F)F)cc3)CC2)C1. The Morgan fingerprint density at radius 3 is 2.45 bits per heavy atom. The summed E-state index contributed by atoms with van der Waals surface area (Å²) >= 11 is 0. The average molecular weight is 583 g/mol. The number of fused-ring (bicyclic) bond motifs is 1. The minimum atomic E-state index is -4.86. The molecule has 10 nitrogen and oxygen atoms in total. The number of oxime groups is 1. The highest BCUT2D eigenvalue weighted by Gasteiger charge is 2.46. The fourth-order valence-corrected chi connectivity index (χ4v) is 6.04. The molecule has 0 saturated carbocycles. The number of piperidine rings is 1. The number of aromatic nitrogens is 1. The molecule has 5 rings (SSSR count). The zero-order valence-electron chi connectivity index (χ0n) is 21.6. The Morgan fingerprint density at radius 2 is 1.85 bits per heavy atom. The van der Waals surface area contributed by atoms with Crippen LogP contribution in [0.15, 0.2) is 64.8 Å². The first-order valence-electron chi connectivity index (χ1n) is 12.5. The van der Waals surface area contributed by atoms with Gasteiger partial charge >= 0.3 is 12.3 Å².